The molecule has 0 aliphatic carbocycles. The van der Waals surface area contributed by atoms with E-state index >= 15 is 0 Å². The summed E-state index contributed by atoms with van der Waals surface area (Å²) in [6, 6.07) is 10.8. The predicted molar refractivity (Wildman–Crippen MR) is 93.2 cm³/mol. The van der Waals surface area contributed by atoms with Crippen molar-refractivity contribution in [2.75, 3.05) is 25.5 Å². The van der Waals surface area contributed by atoms with E-state index in [1.165, 1.54) is 10.2 Å². The highest BCUT2D eigenvalue weighted by Gasteiger charge is 2.27. The molecule has 1 saturated heterocycles. The lowest BCUT2D eigenvalue weighted by atomic mass is 9.88. The molecule has 5 nitrogen and oxygen atoms in total. The number of nitrogens with one attached hydrogen (secondary N) is 1. The molecule has 0 bridgehead atoms. The number of hydrogen-bond donors (Lipinski definition) is 1. The van der Waals surface area contributed by atoms with Gasteiger partial charge in [0.1, 0.15) is 5.02 Å². The molecule has 6 heteroatoms. The Kier molecular flexibility index (Phi) is 4.68. The first-order valence-corrected chi connectivity index (χ1v) is 8.14. The lowest BCUT2D eigenvalue weighted by Crippen LogP contribution is -2.43. The van der Waals surface area contributed by atoms with Gasteiger partial charge >= 0.3 is 0 Å². The third kappa shape index (κ3) is 3.57. The van der Waals surface area contributed by atoms with Gasteiger partial charge in [0.2, 0.25) is 0 Å². The van der Waals surface area contributed by atoms with Crippen molar-refractivity contribution in [3.8, 4) is 0 Å². The average molecular weight is 333 g/mol. The van der Waals surface area contributed by atoms with E-state index in [0.29, 0.717) is 11.6 Å². The molecule has 1 aliphatic heterocycles. The summed E-state index contributed by atoms with van der Waals surface area (Å²) in [7, 11) is 3.71. The average Bonchev–Trinajstić information content (AvgIpc) is 2.56. The molecule has 3 rings (SSSR count). The van der Waals surface area contributed by atoms with E-state index in [-0.39, 0.29) is 16.6 Å². The van der Waals surface area contributed by atoms with Crippen molar-refractivity contribution < 1.29 is 0 Å². The standard InChI is InChI=1S/C17H21ClN4O/c1-21-10-13(12-6-4-3-5-7-12)8-14(11-21)20-15-9-19-22(2)17(23)16(15)18/h3-7,9,13-14,20H,8,10-11H2,1-2H3/t13-,14?/m0/s1. The maximum absolute atomic E-state index is 11.9. The molecule has 0 saturated carbocycles. The first-order chi connectivity index (χ1) is 11.0. The largest absolute Gasteiger partial charge is 0.378 e. The van der Waals surface area contributed by atoms with E-state index in [4.69, 9.17) is 11.6 Å². The summed E-state index contributed by atoms with van der Waals surface area (Å²) in [6.07, 6.45) is 2.62. The smallest absolute Gasteiger partial charge is 0.287 e. The van der Waals surface area contributed by atoms with Gasteiger partial charge in [0.05, 0.1) is 11.9 Å². The summed E-state index contributed by atoms with van der Waals surface area (Å²) in [6.45, 7) is 1.94. The molecule has 0 amide bonds. The lowest BCUT2D eigenvalue weighted by Gasteiger charge is -2.36. The van der Waals surface area contributed by atoms with Gasteiger partial charge in [0.25, 0.3) is 5.56 Å². The van der Waals surface area contributed by atoms with Crippen LogP contribution < -0.4 is 10.9 Å². The number of benzene rings is 1. The fourth-order valence-corrected chi connectivity index (χ4v) is 3.45. The number of hydrogen-bond acceptors (Lipinski definition) is 4. The number of likely N-dealkylation sites (tertiary alicyclic amines) is 1. The van der Waals surface area contributed by atoms with Crippen LogP contribution in [0.25, 0.3) is 0 Å². The van der Waals surface area contributed by atoms with Crippen LogP contribution in [0.3, 0.4) is 0 Å². The van der Waals surface area contributed by atoms with E-state index in [1.807, 2.05) is 6.07 Å². The third-order valence-corrected chi connectivity index (χ3v) is 4.71. The fourth-order valence-electron chi connectivity index (χ4n) is 3.22. The molecule has 1 aromatic carbocycles. The Morgan fingerprint density at radius 1 is 1.22 bits per heavy atom. The Bertz CT molecular complexity index is 731. The van der Waals surface area contributed by atoms with Crippen LogP contribution in [0.15, 0.2) is 41.3 Å². The van der Waals surface area contributed by atoms with E-state index < -0.39 is 0 Å². The first-order valence-electron chi connectivity index (χ1n) is 7.76. The van der Waals surface area contributed by atoms with Crippen molar-refractivity contribution >= 4 is 17.3 Å². The normalized spacial score (nSPS) is 22.0. The quantitative estimate of drug-likeness (QED) is 0.937. The molecule has 2 aromatic rings. The Hall–Kier alpha value is -1.85. The minimum Gasteiger partial charge on any atom is -0.378 e. The van der Waals surface area contributed by atoms with Gasteiger partial charge in [-0.1, -0.05) is 41.9 Å². The van der Waals surface area contributed by atoms with Crippen LogP contribution in [-0.4, -0.2) is 40.9 Å². The summed E-state index contributed by atoms with van der Waals surface area (Å²) >= 11 is 6.16. The highest BCUT2D eigenvalue weighted by Crippen LogP contribution is 2.28. The van der Waals surface area contributed by atoms with Gasteiger partial charge < -0.3 is 10.2 Å². The predicted octanol–water partition coefficient (Wildman–Crippen LogP) is 2.33. The zero-order chi connectivity index (χ0) is 16.4. The highest BCUT2D eigenvalue weighted by molar-refractivity contribution is 6.32. The van der Waals surface area contributed by atoms with E-state index in [1.54, 1.807) is 13.2 Å². The number of piperidine rings is 1. The first kappa shape index (κ1) is 16.0. The summed E-state index contributed by atoms with van der Waals surface area (Å²) in [5.41, 5.74) is 1.68. The topological polar surface area (TPSA) is 50.2 Å². The second-order valence-corrected chi connectivity index (χ2v) is 6.58. The molecule has 122 valence electrons. The zero-order valence-electron chi connectivity index (χ0n) is 13.4. The monoisotopic (exact) mass is 332 g/mol. The third-order valence-electron chi connectivity index (χ3n) is 4.34. The van der Waals surface area contributed by atoms with Gasteiger partial charge in [0, 0.05) is 26.2 Å². The molecule has 0 radical (unpaired) electrons. The highest BCUT2D eigenvalue weighted by atomic mass is 35.5. The number of aryl methyl sites for hydroxylation is 1. The van der Waals surface area contributed by atoms with Gasteiger partial charge in [-0.05, 0) is 24.9 Å². The molecule has 2 heterocycles. The molecule has 1 fully saturated rings. The van der Waals surface area contributed by atoms with Crippen molar-refractivity contribution in [1.82, 2.24) is 14.7 Å². The molecule has 2 atom stereocenters. The molecule has 0 spiro atoms. The van der Waals surface area contributed by atoms with Gasteiger partial charge in [0.15, 0.2) is 0 Å². The van der Waals surface area contributed by atoms with Crippen LogP contribution in [0.2, 0.25) is 5.02 Å². The summed E-state index contributed by atoms with van der Waals surface area (Å²) < 4.78 is 1.24. The Labute approximate surface area is 140 Å². The number of rotatable bonds is 3. The van der Waals surface area contributed by atoms with Crippen molar-refractivity contribution in [3.63, 3.8) is 0 Å². The van der Waals surface area contributed by atoms with Crippen molar-refractivity contribution in [1.29, 1.82) is 0 Å². The fraction of sp³-hybridized carbons (Fsp3) is 0.412. The van der Waals surface area contributed by atoms with Gasteiger partial charge in [-0.2, -0.15) is 5.10 Å². The second-order valence-electron chi connectivity index (χ2n) is 6.21. The number of anilines is 1. The van der Waals surface area contributed by atoms with E-state index in [0.717, 1.165) is 19.5 Å². The number of nitrogens with zero attached hydrogens (tertiary/aromatic N) is 3. The minimum atomic E-state index is -0.277. The maximum Gasteiger partial charge on any atom is 0.287 e. The Morgan fingerprint density at radius 3 is 2.70 bits per heavy atom. The molecule has 1 unspecified atom stereocenters. The van der Waals surface area contributed by atoms with Crippen molar-refractivity contribution in [2.24, 2.45) is 7.05 Å². The minimum absolute atomic E-state index is 0.201. The van der Waals surface area contributed by atoms with Gasteiger partial charge in [-0.25, -0.2) is 4.68 Å². The number of aromatic nitrogens is 2. The Balaban J connectivity index is 1.78. The van der Waals surface area contributed by atoms with Gasteiger partial charge in [-0.3, -0.25) is 4.79 Å². The van der Waals surface area contributed by atoms with E-state index in [2.05, 4.69) is 46.6 Å². The molecule has 23 heavy (non-hydrogen) atoms. The summed E-state index contributed by atoms with van der Waals surface area (Å²) in [4.78, 5) is 14.2. The van der Waals surface area contributed by atoms with Crippen molar-refractivity contribution in [2.45, 2.75) is 18.4 Å². The number of halogens is 1. The molecule has 1 aromatic heterocycles. The van der Waals surface area contributed by atoms with Crippen LogP contribution in [0.1, 0.15) is 17.9 Å². The van der Waals surface area contributed by atoms with Crippen LogP contribution in [0.4, 0.5) is 5.69 Å². The molecular weight excluding hydrogens is 312 g/mol. The zero-order valence-corrected chi connectivity index (χ0v) is 14.1. The van der Waals surface area contributed by atoms with Gasteiger partial charge in [-0.15, -0.1) is 0 Å². The molecule has 1 aliphatic rings. The molecular formula is C17H21ClN4O. The second kappa shape index (κ2) is 6.72. The lowest BCUT2D eigenvalue weighted by molar-refractivity contribution is 0.235. The van der Waals surface area contributed by atoms with Crippen molar-refractivity contribution in [3.05, 3.63) is 57.5 Å². The SMILES string of the molecule is CN1CC(Nc2cnn(C)c(=O)c2Cl)C[C@H](c2ccccc2)C1. The molecule has 1 N–H and O–H groups in total. The van der Waals surface area contributed by atoms with Crippen LogP contribution in [0.5, 0.6) is 0 Å². The Morgan fingerprint density at radius 2 is 1.96 bits per heavy atom. The maximum atomic E-state index is 11.9. The van der Waals surface area contributed by atoms with E-state index in [9.17, 15) is 4.79 Å². The van der Waals surface area contributed by atoms with Crippen LogP contribution in [-0.2, 0) is 7.05 Å². The summed E-state index contributed by atoms with van der Waals surface area (Å²) in [5, 5.41) is 7.64. The number of likely N-dealkylation sites (N-methyl/N-ethyl adjacent to an activating group) is 1. The summed E-state index contributed by atoms with van der Waals surface area (Å²) in [5.74, 6) is 0.464. The van der Waals surface area contributed by atoms with Crippen LogP contribution >= 0.6 is 11.6 Å². The van der Waals surface area contributed by atoms with Crippen LogP contribution in [0, 0.1) is 0 Å².